The second-order valence-electron chi connectivity index (χ2n) is 6.10. The van der Waals surface area contributed by atoms with Gasteiger partial charge in [-0.1, -0.05) is 0 Å². The fourth-order valence-corrected chi connectivity index (χ4v) is 5.67. The molecule has 29 heavy (non-hydrogen) atoms. The lowest BCUT2D eigenvalue weighted by molar-refractivity contribution is -0.274. The highest BCUT2D eigenvalue weighted by atomic mass is 32.2. The maximum atomic E-state index is 12.8. The Morgan fingerprint density at radius 1 is 0.931 bits per heavy atom. The van der Waals surface area contributed by atoms with Crippen molar-refractivity contribution in [1.29, 1.82) is 0 Å². The molecule has 0 spiro atoms. The van der Waals surface area contributed by atoms with Crippen molar-refractivity contribution in [1.82, 2.24) is 18.6 Å². The number of halogens is 3. The predicted octanol–water partition coefficient (Wildman–Crippen LogP) is 1.39. The zero-order valence-electron chi connectivity index (χ0n) is 14.8. The third-order valence-corrected chi connectivity index (χ3v) is 7.94. The molecule has 1 aliphatic heterocycles. The van der Waals surface area contributed by atoms with Crippen molar-refractivity contribution >= 4 is 20.0 Å². The van der Waals surface area contributed by atoms with Gasteiger partial charge in [-0.25, -0.2) is 21.8 Å². The number of nitrogens with one attached hydrogen (secondary N) is 1. The molecule has 1 N–H and O–H groups in total. The van der Waals surface area contributed by atoms with Crippen LogP contribution in [0.1, 0.15) is 6.42 Å². The predicted molar refractivity (Wildman–Crippen MR) is 93.8 cm³/mol. The van der Waals surface area contributed by atoms with Gasteiger partial charge in [-0.15, -0.1) is 13.2 Å². The molecular formula is C15H17F3N4O5S2. The summed E-state index contributed by atoms with van der Waals surface area (Å²) in [6.07, 6.45) is -2.23. The van der Waals surface area contributed by atoms with Gasteiger partial charge in [0.15, 0.2) is 5.03 Å². The van der Waals surface area contributed by atoms with E-state index in [9.17, 15) is 30.0 Å². The maximum absolute atomic E-state index is 12.8. The van der Waals surface area contributed by atoms with Crippen molar-refractivity contribution < 1.29 is 34.7 Å². The summed E-state index contributed by atoms with van der Waals surface area (Å²) in [6.45, 7) is 0.0101. The van der Waals surface area contributed by atoms with E-state index in [-0.39, 0.29) is 42.5 Å². The van der Waals surface area contributed by atoms with E-state index in [0.717, 1.165) is 32.9 Å². The van der Waals surface area contributed by atoms with Crippen molar-refractivity contribution in [2.45, 2.75) is 22.7 Å². The topological polar surface area (TPSA) is 113 Å². The summed E-state index contributed by atoms with van der Waals surface area (Å²) < 4.78 is 93.4. The summed E-state index contributed by atoms with van der Waals surface area (Å²) >= 11 is 0. The molecule has 1 aromatic heterocycles. The average Bonchev–Trinajstić information content (AvgIpc) is 3.05. The zero-order valence-corrected chi connectivity index (χ0v) is 16.5. The highest BCUT2D eigenvalue weighted by Gasteiger charge is 2.33. The first-order chi connectivity index (χ1) is 13.5. The number of ether oxygens (including phenoxy) is 1. The van der Waals surface area contributed by atoms with Crippen molar-refractivity contribution in [3.63, 3.8) is 0 Å². The van der Waals surface area contributed by atoms with Crippen LogP contribution in [0.2, 0.25) is 0 Å². The largest absolute Gasteiger partial charge is 0.573 e. The number of imidazole rings is 1. The Hall–Kier alpha value is -2.16. The van der Waals surface area contributed by atoms with Crippen molar-refractivity contribution in [2.24, 2.45) is 0 Å². The van der Waals surface area contributed by atoms with E-state index in [1.807, 2.05) is 0 Å². The molecule has 1 aliphatic rings. The van der Waals surface area contributed by atoms with Gasteiger partial charge in [0.2, 0.25) is 10.0 Å². The van der Waals surface area contributed by atoms with Crippen LogP contribution in [0.3, 0.4) is 0 Å². The monoisotopic (exact) mass is 454 g/mol. The van der Waals surface area contributed by atoms with Crippen LogP contribution < -0.4 is 4.74 Å². The van der Waals surface area contributed by atoms with E-state index in [4.69, 9.17) is 0 Å². The molecule has 2 heterocycles. The molecule has 1 fully saturated rings. The highest BCUT2D eigenvalue weighted by molar-refractivity contribution is 7.89. The number of nitrogens with zero attached hydrogens (tertiary/aromatic N) is 3. The smallest absolute Gasteiger partial charge is 0.406 e. The fourth-order valence-electron chi connectivity index (χ4n) is 2.84. The number of hydrogen-bond acceptors (Lipinski definition) is 6. The summed E-state index contributed by atoms with van der Waals surface area (Å²) in [6, 6.07) is 3.85. The van der Waals surface area contributed by atoms with E-state index in [2.05, 4.69) is 14.7 Å². The third-order valence-electron chi connectivity index (χ3n) is 4.20. The lowest BCUT2D eigenvalue weighted by atomic mass is 10.3. The van der Waals surface area contributed by atoms with E-state index in [0.29, 0.717) is 0 Å². The quantitative estimate of drug-likeness (QED) is 0.731. The second kappa shape index (κ2) is 7.93. The lowest BCUT2D eigenvalue weighted by Crippen LogP contribution is -2.37. The van der Waals surface area contributed by atoms with Gasteiger partial charge in [-0.3, -0.25) is 0 Å². The van der Waals surface area contributed by atoms with Crippen LogP contribution in [0, 0.1) is 0 Å². The molecule has 3 rings (SSSR count). The fraction of sp³-hybridized carbons (Fsp3) is 0.400. The molecule has 0 radical (unpaired) electrons. The van der Waals surface area contributed by atoms with Crippen molar-refractivity contribution in [3.8, 4) is 5.75 Å². The van der Waals surface area contributed by atoms with Crippen LogP contribution in [0.4, 0.5) is 13.2 Å². The number of aromatic nitrogens is 2. The van der Waals surface area contributed by atoms with Crippen LogP contribution in [-0.2, 0) is 20.0 Å². The molecule has 1 aromatic carbocycles. The van der Waals surface area contributed by atoms with E-state index in [1.165, 1.54) is 12.5 Å². The van der Waals surface area contributed by atoms with Crippen LogP contribution >= 0.6 is 0 Å². The van der Waals surface area contributed by atoms with Gasteiger partial charge in [0, 0.05) is 26.2 Å². The van der Waals surface area contributed by atoms with Crippen LogP contribution in [0.25, 0.3) is 0 Å². The summed E-state index contributed by atoms with van der Waals surface area (Å²) in [4.78, 5) is 5.99. The molecule has 9 nitrogen and oxygen atoms in total. The van der Waals surface area contributed by atoms with Gasteiger partial charge < -0.3 is 9.72 Å². The molecule has 160 valence electrons. The summed E-state index contributed by atoms with van der Waals surface area (Å²) in [5, 5.41) is -0.0888. The van der Waals surface area contributed by atoms with Crippen molar-refractivity contribution in [3.05, 3.63) is 36.8 Å². The third kappa shape index (κ3) is 4.88. The normalized spacial score (nSPS) is 17.8. The maximum Gasteiger partial charge on any atom is 0.573 e. The molecule has 14 heteroatoms. The first kappa shape index (κ1) is 21.5. The van der Waals surface area contributed by atoms with Gasteiger partial charge in [0.05, 0.1) is 17.4 Å². The van der Waals surface area contributed by atoms with Gasteiger partial charge in [0.25, 0.3) is 10.0 Å². The van der Waals surface area contributed by atoms with E-state index < -0.39 is 32.2 Å². The minimum Gasteiger partial charge on any atom is -0.406 e. The first-order valence-corrected chi connectivity index (χ1v) is 11.2. The van der Waals surface area contributed by atoms with Gasteiger partial charge in [-0.05, 0) is 30.7 Å². The Balaban J connectivity index is 1.74. The number of aromatic amines is 1. The Kier molecular flexibility index (Phi) is 5.89. The lowest BCUT2D eigenvalue weighted by Gasteiger charge is -2.21. The molecule has 0 atom stereocenters. The summed E-state index contributed by atoms with van der Waals surface area (Å²) in [7, 11) is -7.84. The minimum absolute atomic E-state index is 0.0676. The van der Waals surface area contributed by atoms with Gasteiger partial charge in [0.1, 0.15) is 5.75 Å². The van der Waals surface area contributed by atoms with Crippen LogP contribution in [0.5, 0.6) is 5.75 Å². The molecule has 0 amide bonds. The zero-order chi connectivity index (χ0) is 21.3. The molecule has 2 aromatic rings. The van der Waals surface area contributed by atoms with E-state index in [1.54, 1.807) is 0 Å². The number of hydrogen-bond donors (Lipinski definition) is 1. The number of sulfonamides is 2. The first-order valence-electron chi connectivity index (χ1n) is 8.35. The standard InChI is InChI=1S/C15H17F3N4O5S2/c16-15(17,18)27-12-2-4-13(5-3-12)28(23,24)21-6-1-7-22(9-8-21)29(25,26)14-10-19-11-20-14/h2-5,10-11H,1,6-9H2,(H,19,20). The molecule has 0 unspecified atom stereocenters. The van der Waals surface area contributed by atoms with E-state index >= 15 is 0 Å². The number of benzene rings is 1. The second-order valence-corrected chi connectivity index (χ2v) is 9.94. The minimum atomic E-state index is -4.88. The van der Waals surface area contributed by atoms with Crippen LogP contribution in [-0.4, -0.2) is 68.0 Å². The average molecular weight is 454 g/mol. The summed E-state index contributed by atoms with van der Waals surface area (Å²) in [5.74, 6) is -0.538. The molecule has 0 aliphatic carbocycles. The SMILES string of the molecule is O=S(=O)(c1ccc(OC(F)(F)F)cc1)N1CCCN(S(=O)(=O)c2cnc[nH]2)CC1. The molecule has 1 saturated heterocycles. The Labute approximate surface area is 165 Å². The molecule has 0 bridgehead atoms. The van der Waals surface area contributed by atoms with Crippen LogP contribution in [0.15, 0.2) is 46.7 Å². The van der Waals surface area contributed by atoms with Gasteiger partial charge in [-0.2, -0.15) is 8.61 Å². The summed E-state index contributed by atoms with van der Waals surface area (Å²) in [5.41, 5.74) is 0. The number of rotatable bonds is 5. The Bertz CT molecular complexity index is 1040. The molecule has 0 saturated carbocycles. The Morgan fingerprint density at radius 2 is 1.52 bits per heavy atom. The van der Waals surface area contributed by atoms with Crippen molar-refractivity contribution in [2.75, 3.05) is 26.2 Å². The molecular weight excluding hydrogens is 437 g/mol. The highest BCUT2D eigenvalue weighted by Crippen LogP contribution is 2.26. The Morgan fingerprint density at radius 3 is 2.03 bits per heavy atom. The number of alkyl halides is 3. The number of H-pyrrole nitrogens is 1. The van der Waals surface area contributed by atoms with Gasteiger partial charge >= 0.3 is 6.36 Å².